The van der Waals surface area contributed by atoms with E-state index < -0.39 is 5.97 Å². The summed E-state index contributed by atoms with van der Waals surface area (Å²) in [6, 6.07) is 13.5. The Balaban J connectivity index is 0.00000200. The van der Waals surface area contributed by atoms with Gasteiger partial charge in [0.1, 0.15) is 17.1 Å². The Bertz CT molecular complexity index is 608. The Labute approximate surface area is 147 Å². The van der Waals surface area contributed by atoms with Gasteiger partial charge in [0.05, 0.1) is 0 Å². The van der Waals surface area contributed by atoms with E-state index in [2.05, 4.69) is 6.58 Å². The first-order chi connectivity index (χ1) is 9.22. The van der Waals surface area contributed by atoms with E-state index in [-0.39, 0.29) is 49.1 Å². The molecule has 0 amide bonds. The molecule has 1 N–H and O–H groups in total. The SMILES string of the molecule is C=CCc1ccccc1OC(=O)c1ccccc1O.[CaH2]. The van der Waals surface area contributed by atoms with Crippen LogP contribution in [0.2, 0.25) is 0 Å². The molecule has 0 saturated heterocycles. The number of carbonyl (C=O) groups excluding carboxylic acids is 1. The molecule has 3 nitrogen and oxygen atoms in total. The quantitative estimate of drug-likeness (QED) is 0.408. The van der Waals surface area contributed by atoms with Crippen LogP contribution in [0.5, 0.6) is 11.5 Å². The molecule has 100 valence electrons. The van der Waals surface area contributed by atoms with Gasteiger partial charge in [0, 0.05) is 0 Å². The molecule has 0 spiro atoms. The summed E-state index contributed by atoms with van der Waals surface area (Å²) in [5.74, 6) is -0.182. The van der Waals surface area contributed by atoms with Crippen molar-refractivity contribution in [1.82, 2.24) is 0 Å². The number of ether oxygens (including phenoxy) is 1. The van der Waals surface area contributed by atoms with Crippen molar-refractivity contribution in [2.75, 3.05) is 0 Å². The molecule has 4 heteroatoms. The van der Waals surface area contributed by atoms with Crippen LogP contribution >= 0.6 is 0 Å². The van der Waals surface area contributed by atoms with Crippen molar-refractivity contribution in [2.45, 2.75) is 6.42 Å². The van der Waals surface area contributed by atoms with E-state index in [1.165, 1.54) is 12.1 Å². The molecular weight excluding hydrogens is 280 g/mol. The second kappa shape index (κ2) is 8.10. The molecule has 0 radical (unpaired) electrons. The molecule has 0 aliphatic heterocycles. The van der Waals surface area contributed by atoms with Crippen molar-refractivity contribution < 1.29 is 14.6 Å². The number of phenolic OH excluding ortho intramolecular Hbond substituents is 1. The molecule has 0 saturated carbocycles. The molecule has 0 aliphatic rings. The van der Waals surface area contributed by atoms with Crippen molar-refractivity contribution in [1.29, 1.82) is 0 Å². The summed E-state index contributed by atoms with van der Waals surface area (Å²) >= 11 is 0. The van der Waals surface area contributed by atoms with Gasteiger partial charge in [-0.3, -0.25) is 0 Å². The Morgan fingerprint density at radius 1 is 1.15 bits per heavy atom. The number of hydrogen-bond acceptors (Lipinski definition) is 3. The molecule has 0 heterocycles. The molecule has 2 aromatic rings. The molecular formula is C16H16CaO3. The van der Waals surface area contributed by atoms with E-state index in [0.29, 0.717) is 12.2 Å². The molecule has 20 heavy (non-hydrogen) atoms. The molecule has 0 aliphatic carbocycles. The van der Waals surface area contributed by atoms with E-state index >= 15 is 0 Å². The van der Waals surface area contributed by atoms with Gasteiger partial charge >= 0.3 is 43.7 Å². The molecule has 2 rings (SSSR count). The van der Waals surface area contributed by atoms with Gasteiger partial charge < -0.3 is 9.84 Å². The van der Waals surface area contributed by atoms with E-state index in [0.717, 1.165) is 5.56 Å². The van der Waals surface area contributed by atoms with Crippen LogP contribution in [0, 0.1) is 0 Å². The monoisotopic (exact) mass is 296 g/mol. The third-order valence-corrected chi connectivity index (χ3v) is 2.66. The van der Waals surface area contributed by atoms with Crippen molar-refractivity contribution in [3.05, 3.63) is 72.3 Å². The van der Waals surface area contributed by atoms with Gasteiger partial charge in [-0.05, 0) is 30.2 Å². The average molecular weight is 296 g/mol. The van der Waals surface area contributed by atoms with Crippen molar-refractivity contribution in [2.24, 2.45) is 0 Å². The zero-order chi connectivity index (χ0) is 13.7. The summed E-state index contributed by atoms with van der Waals surface area (Å²) in [6.45, 7) is 3.67. The van der Waals surface area contributed by atoms with Crippen LogP contribution in [-0.4, -0.2) is 48.8 Å². The number of hydrogen-bond donors (Lipinski definition) is 1. The zero-order valence-electron chi connectivity index (χ0n) is 10.4. The van der Waals surface area contributed by atoms with E-state index in [1.54, 1.807) is 30.3 Å². The van der Waals surface area contributed by atoms with Crippen LogP contribution < -0.4 is 4.74 Å². The van der Waals surface area contributed by atoms with E-state index in [1.807, 2.05) is 12.1 Å². The normalized spacial score (nSPS) is 9.40. The fourth-order valence-electron chi connectivity index (χ4n) is 1.73. The van der Waals surface area contributed by atoms with Gasteiger partial charge in [0.15, 0.2) is 0 Å². The Morgan fingerprint density at radius 2 is 1.80 bits per heavy atom. The van der Waals surface area contributed by atoms with Crippen LogP contribution in [0.3, 0.4) is 0 Å². The predicted molar refractivity (Wildman–Crippen MR) is 82.0 cm³/mol. The minimum atomic E-state index is -0.574. The van der Waals surface area contributed by atoms with Gasteiger partial charge in [-0.25, -0.2) is 4.79 Å². The Kier molecular flexibility index (Phi) is 6.79. The maximum atomic E-state index is 12.0. The zero-order valence-corrected chi connectivity index (χ0v) is 10.4. The molecule has 0 unspecified atom stereocenters. The standard InChI is InChI=1S/C16H14O3.Ca.2H/c1-2-7-12-8-3-6-11-15(12)19-16(18)13-9-4-5-10-14(13)17;;;/h2-6,8-11,17H,1,7H2;;;. The van der Waals surface area contributed by atoms with Crippen molar-refractivity contribution in [3.63, 3.8) is 0 Å². The third-order valence-electron chi connectivity index (χ3n) is 2.66. The Hall–Kier alpha value is -1.29. The summed E-state index contributed by atoms with van der Waals surface area (Å²) in [6.07, 6.45) is 2.36. The summed E-state index contributed by atoms with van der Waals surface area (Å²) in [4.78, 5) is 12.0. The molecule has 0 aromatic heterocycles. The predicted octanol–water partition coefficient (Wildman–Crippen LogP) is 2.42. The number of esters is 1. The Morgan fingerprint density at radius 3 is 2.50 bits per heavy atom. The summed E-state index contributed by atoms with van der Waals surface area (Å²) in [5, 5.41) is 9.61. The van der Waals surface area contributed by atoms with Gasteiger partial charge in [-0.1, -0.05) is 36.4 Å². The molecule has 2 aromatic carbocycles. The molecule has 0 fully saturated rings. The number of carbonyl (C=O) groups is 1. The number of allylic oxidation sites excluding steroid dienone is 1. The fraction of sp³-hybridized carbons (Fsp3) is 0.0625. The number of para-hydroxylation sites is 2. The second-order valence-corrected chi connectivity index (χ2v) is 4.01. The van der Waals surface area contributed by atoms with Crippen LogP contribution in [0.4, 0.5) is 0 Å². The summed E-state index contributed by atoms with van der Waals surface area (Å²) in [7, 11) is 0. The third kappa shape index (κ3) is 4.10. The van der Waals surface area contributed by atoms with Crippen molar-refractivity contribution in [3.8, 4) is 11.5 Å². The minimum absolute atomic E-state index is 0. The first-order valence-electron chi connectivity index (χ1n) is 5.91. The van der Waals surface area contributed by atoms with Gasteiger partial charge in [0.2, 0.25) is 0 Å². The average Bonchev–Trinajstić information content (AvgIpc) is 2.41. The number of rotatable bonds is 4. The topological polar surface area (TPSA) is 46.5 Å². The van der Waals surface area contributed by atoms with Gasteiger partial charge in [-0.2, -0.15) is 0 Å². The van der Waals surface area contributed by atoms with Crippen LogP contribution in [0.25, 0.3) is 0 Å². The first kappa shape index (κ1) is 16.8. The van der Waals surface area contributed by atoms with Crippen LogP contribution in [-0.2, 0) is 6.42 Å². The van der Waals surface area contributed by atoms with Gasteiger partial charge in [-0.15, -0.1) is 6.58 Å². The maximum absolute atomic E-state index is 12.0. The first-order valence-corrected chi connectivity index (χ1v) is 5.91. The van der Waals surface area contributed by atoms with Crippen LogP contribution in [0.15, 0.2) is 61.2 Å². The molecule has 0 atom stereocenters. The van der Waals surface area contributed by atoms with Crippen LogP contribution in [0.1, 0.15) is 15.9 Å². The van der Waals surface area contributed by atoms with E-state index in [4.69, 9.17) is 4.74 Å². The summed E-state index contributed by atoms with van der Waals surface area (Å²) in [5.41, 5.74) is 1.03. The van der Waals surface area contributed by atoms with Crippen molar-refractivity contribution >= 4 is 43.7 Å². The van der Waals surface area contributed by atoms with E-state index in [9.17, 15) is 9.90 Å². The van der Waals surface area contributed by atoms with Gasteiger partial charge in [0.25, 0.3) is 0 Å². The molecule has 0 bridgehead atoms. The second-order valence-electron chi connectivity index (χ2n) is 4.01. The number of phenols is 1. The number of aromatic hydroxyl groups is 1. The fourth-order valence-corrected chi connectivity index (χ4v) is 1.73. The number of benzene rings is 2. The summed E-state index contributed by atoms with van der Waals surface area (Å²) < 4.78 is 5.32.